The van der Waals surface area contributed by atoms with Gasteiger partial charge in [-0.25, -0.2) is 0 Å². The molecule has 5 nitrogen and oxygen atoms in total. The Kier molecular flexibility index (Phi) is 5.41. The van der Waals surface area contributed by atoms with Gasteiger partial charge < -0.3 is 15.9 Å². The minimum Gasteiger partial charge on any atom is -0.508 e. The topological polar surface area (TPSA) is 101 Å². The number of carbonyl (C=O) groups excluding carboxylic acids is 1. The summed E-state index contributed by atoms with van der Waals surface area (Å²) in [5.41, 5.74) is 6.03. The normalized spacial score (nSPS) is 12.5. The predicted octanol–water partition coefficient (Wildman–Crippen LogP) is 1.08. The Balaban J connectivity index is 2.45. The number of phenolic OH excluding ortho intramolecular Hbond substituents is 1. The van der Waals surface area contributed by atoms with E-state index in [0.717, 1.165) is 17.3 Å². The number of rotatable bonds is 5. The first-order valence-corrected chi connectivity index (χ1v) is 6.10. The van der Waals surface area contributed by atoms with Gasteiger partial charge in [0.15, 0.2) is 0 Å². The first-order valence-electron chi connectivity index (χ1n) is 5.11. The monoisotopic (exact) mass is 267 g/mol. The summed E-state index contributed by atoms with van der Waals surface area (Å²) in [5.74, 6) is -0.938. The van der Waals surface area contributed by atoms with Crippen molar-refractivity contribution >= 4 is 28.9 Å². The van der Waals surface area contributed by atoms with Gasteiger partial charge in [-0.1, -0.05) is 30.0 Å². The Morgan fingerprint density at radius 3 is 2.50 bits per heavy atom. The van der Waals surface area contributed by atoms with E-state index in [1.807, 2.05) is 0 Å². The van der Waals surface area contributed by atoms with Gasteiger partial charge >= 0.3 is 5.97 Å². The van der Waals surface area contributed by atoms with Crippen LogP contribution < -0.4 is 5.73 Å². The third kappa shape index (κ3) is 5.03. The molecular weight excluding hydrogens is 254 g/mol. The summed E-state index contributed by atoms with van der Waals surface area (Å²) in [7, 11) is 0. The minimum absolute atomic E-state index is 0.0358. The molecule has 0 fully saturated rings. The molecule has 0 aliphatic rings. The highest BCUT2D eigenvalue weighted by molar-refractivity contribution is 8.14. The van der Waals surface area contributed by atoms with Gasteiger partial charge in [0.25, 0.3) is 0 Å². The molecule has 1 rings (SSSR count). The Hall–Kier alpha value is -1.79. The van der Waals surface area contributed by atoms with E-state index in [4.69, 9.17) is 15.9 Å². The molecule has 0 saturated carbocycles. The summed E-state index contributed by atoms with van der Waals surface area (Å²) >= 11 is 0.854. The van der Waals surface area contributed by atoms with Crippen LogP contribution in [0.4, 0.5) is 0 Å². The van der Waals surface area contributed by atoms with E-state index in [2.05, 4.69) is 0 Å². The number of thioether (sulfide) groups is 1. The van der Waals surface area contributed by atoms with E-state index in [9.17, 15) is 9.59 Å². The summed E-state index contributed by atoms with van der Waals surface area (Å²) in [6, 6.07) is 5.30. The molecule has 0 spiro atoms. The van der Waals surface area contributed by atoms with Crippen LogP contribution in [-0.4, -0.2) is 33.1 Å². The zero-order chi connectivity index (χ0) is 13.5. The Labute approximate surface area is 108 Å². The molecule has 0 aromatic heterocycles. The molecule has 6 heteroatoms. The summed E-state index contributed by atoms with van der Waals surface area (Å²) < 4.78 is 0. The third-order valence-electron chi connectivity index (χ3n) is 2.03. The maximum atomic E-state index is 11.4. The lowest BCUT2D eigenvalue weighted by Gasteiger charge is -2.02. The molecular formula is C12H13NO4S. The van der Waals surface area contributed by atoms with Crippen molar-refractivity contribution < 1.29 is 19.8 Å². The van der Waals surface area contributed by atoms with Gasteiger partial charge in [-0.3, -0.25) is 9.59 Å². The van der Waals surface area contributed by atoms with E-state index >= 15 is 0 Å². The second-order valence-corrected chi connectivity index (χ2v) is 4.52. The lowest BCUT2D eigenvalue weighted by molar-refractivity contribution is -0.137. The van der Waals surface area contributed by atoms with Crippen LogP contribution in [0.1, 0.15) is 5.56 Å². The van der Waals surface area contributed by atoms with Crippen LogP contribution in [0, 0.1) is 0 Å². The van der Waals surface area contributed by atoms with Crippen LogP contribution >= 0.6 is 11.8 Å². The fraction of sp³-hybridized carbons (Fsp3) is 0.167. The highest BCUT2D eigenvalue weighted by Gasteiger charge is 2.12. The maximum Gasteiger partial charge on any atom is 0.321 e. The van der Waals surface area contributed by atoms with Crippen LogP contribution in [0.25, 0.3) is 6.08 Å². The maximum absolute atomic E-state index is 11.4. The Morgan fingerprint density at radius 1 is 1.33 bits per heavy atom. The number of benzene rings is 1. The van der Waals surface area contributed by atoms with Crippen LogP contribution in [-0.2, 0) is 9.59 Å². The van der Waals surface area contributed by atoms with Gasteiger partial charge in [0.2, 0.25) is 5.12 Å². The van der Waals surface area contributed by atoms with Gasteiger partial charge in [-0.15, -0.1) is 0 Å². The Morgan fingerprint density at radius 2 is 1.94 bits per heavy atom. The first kappa shape index (κ1) is 14.3. The molecule has 1 aromatic carbocycles. The Bertz CT molecular complexity index is 456. The number of hydrogen-bond donors (Lipinski definition) is 3. The summed E-state index contributed by atoms with van der Waals surface area (Å²) in [6.07, 6.45) is 2.92. The summed E-state index contributed by atoms with van der Waals surface area (Å²) in [4.78, 5) is 21.8. The van der Waals surface area contributed by atoms with Gasteiger partial charge in [0.05, 0.1) is 0 Å². The van der Waals surface area contributed by atoms with Gasteiger partial charge in [0, 0.05) is 5.75 Å². The molecule has 18 heavy (non-hydrogen) atoms. The second kappa shape index (κ2) is 6.83. The van der Waals surface area contributed by atoms with E-state index in [1.165, 1.54) is 18.2 Å². The van der Waals surface area contributed by atoms with Crippen molar-refractivity contribution in [2.24, 2.45) is 5.73 Å². The number of nitrogens with two attached hydrogens (primary N) is 1. The zero-order valence-corrected chi connectivity index (χ0v) is 10.3. The van der Waals surface area contributed by atoms with Crippen molar-refractivity contribution in [3.63, 3.8) is 0 Å². The molecule has 1 atom stereocenters. The van der Waals surface area contributed by atoms with Crippen molar-refractivity contribution in [3.8, 4) is 5.75 Å². The smallest absolute Gasteiger partial charge is 0.321 e. The van der Waals surface area contributed by atoms with E-state index < -0.39 is 12.0 Å². The molecule has 0 bridgehead atoms. The molecule has 0 heterocycles. The van der Waals surface area contributed by atoms with Crippen LogP contribution in [0.2, 0.25) is 0 Å². The standard InChI is InChI=1S/C12H13NO4S/c13-10(12(16)17)7-18-11(15)6-3-8-1-4-9(14)5-2-8/h1-6,10,14H,7,13H2,(H,16,17)/t10-/m0/s1. The van der Waals surface area contributed by atoms with Gasteiger partial charge in [-0.05, 0) is 23.8 Å². The number of aliphatic carboxylic acids is 1. The largest absolute Gasteiger partial charge is 0.508 e. The number of aromatic hydroxyl groups is 1. The van der Waals surface area contributed by atoms with E-state index in [-0.39, 0.29) is 16.6 Å². The quantitative estimate of drug-likeness (QED) is 0.690. The van der Waals surface area contributed by atoms with Crippen molar-refractivity contribution in [2.45, 2.75) is 6.04 Å². The molecule has 0 radical (unpaired) electrons. The molecule has 0 aliphatic carbocycles. The van der Waals surface area contributed by atoms with Crippen molar-refractivity contribution in [2.75, 3.05) is 5.75 Å². The van der Waals surface area contributed by atoms with Crippen LogP contribution in [0.3, 0.4) is 0 Å². The highest BCUT2D eigenvalue weighted by Crippen LogP contribution is 2.12. The number of hydrogen-bond acceptors (Lipinski definition) is 5. The number of phenols is 1. The minimum atomic E-state index is -1.13. The molecule has 0 saturated heterocycles. The SMILES string of the molecule is N[C@@H](CSC(=O)C=Cc1ccc(O)cc1)C(=O)O. The van der Waals surface area contributed by atoms with Crippen LogP contribution in [0.5, 0.6) is 5.75 Å². The molecule has 0 aliphatic heterocycles. The number of carboxylic acid groups (broad SMARTS) is 1. The average Bonchev–Trinajstić information content (AvgIpc) is 2.35. The molecule has 0 unspecified atom stereocenters. The van der Waals surface area contributed by atoms with Crippen molar-refractivity contribution in [1.82, 2.24) is 0 Å². The second-order valence-electron chi connectivity index (χ2n) is 3.50. The molecule has 96 valence electrons. The molecule has 0 amide bonds. The van der Waals surface area contributed by atoms with E-state index in [0.29, 0.717) is 0 Å². The van der Waals surface area contributed by atoms with Gasteiger partial charge in [-0.2, -0.15) is 0 Å². The fourth-order valence-electron chi connectivity index (χ4n) is 1.04. The third-order valence-corrected chi connectivity index (χ3v) is 2.97. The molecule has 1 aromatic rings. The highest BCUT2D eigenvalue weighted by atomic mass is 32.2. The van der Waals surface area contributed by atoms with Gasteiger partial charge in [0.1, 0.15) is 11.8 Å². The van der Waals surface area contributed by atoms with Crippen molar-refractivity contribution in [1.29, 1.82) is 0 Å². The van der Waals surface area contributed by atoms with Crippen molar-refractivity contribution in [3.05, 3.63) is 35.9 Å². The van der Waals surface area contributed by atoms with E-state index in [1.54, 1.807) is 18.2 Å². The summed E-state index contributed by atoms with van der Waals surface area (Å²) in [6.45, 7) is 0. The van der Waals surface area contributed by atoms with Crippen LogP contribution in [0.15, 0.2) is 30.3 Å². The average molecular weight is 267 g/mol. The zero-order valence-electron chi connectivity index (χ0n) is 9.45. The lowest BCUT2D eigenvalue weighted by atomic mass is 10.2. The number of carbonyl (C=O) groups is 2. The number of carboxylic acids is 1. The fourth-order valence-corrected chi connectivity index (χ4v) is 1.69. The predicted molar refractivity (Wildman–Crippen MR) is 70.2 cm³/mol. The summed E-state index contributed by atoms with van der Waals surface area (Å²) in [5, 5.41) is 17.3. The first-order chi connectivity index (χ1) is 8.49. The molecule has 4 N–H and O–H groups in total. The lowest BCUT2D eigenvalue weighted by Crippen LogP contribution is -2.32.